The van der Waals surface area contributed by atoms with Gasteiger partial charge >= 0.3 is 6.03 Å². The van der Waals surface area contributed by atoms with E-state index >= 15 is 0 Å². The van der Waals surface area contributed by atoms with Gasteiger partial charge in [-0.15, -0.1) is 0 Å². The van der Waals surface area contributed by atoms with Crippen molar-refractivity contribution >= 4 is 17.8 Å². The van der Waals surface area contributed by atoms with Crippen LogP contribution in [0.5, 0.6) is 0 Å². The van der Waals surface area contributed by atoms with Crippen LogP contribution in [-0.2, 0) is 21.7 Å². The Labute approximate surface area is 181 Å². The molecule has 7 heteroatoms. The summed E-state index contributed by atoms with van der Waals surface area (Å²) in [4.78, 5) is 42.1. The number of hydrogen-bond acceptors (Lipinski definition) is 4. The fraction of sp³-hybridized carbons (Fsp3) is 0.375. The average molecular weight is 421 g/mol. The smallest absolute Gasteiger partial charge is 0.325 e. The Bertz CT molecular complexity index is 984. The molecule has 0 radical (unpaired) electrons. The Morgan fingerprint density at radius 2 is 1.97 bits per heavy atom. The zero-order valence-electron chi connectivity index (χ0n) is 17.7. The van der Waals surface area contributed by atoms with Gasteiger partial charge in [0.05, 0.1) is 12.8 Å². The number of nitrogens with zero attached hydrogens (tertiary/aromatic N) is 2. The number of nitrogens with one attached hydrogen (secondary N) is 1. The summed E-state index contributed by atoms with van der Waals surface area (Å²) in [5.74, 6) is -0.0349. The largest absolute Gasteiger partial charge is 0.467 e. The van der Waals surface area contributed by atoms with Crippen LogP contribution in [0, 0.1) is 0 Å². The van der Waals surface area contributed by atoms with Crippen LogP contribution in [-0.4, -0.2) is 34.2 Å². The van der Waals surface area contributed by atoms with Gasteiger partial charge < -0.3 is 14.6 Å². The van der Waals surface area contributed by atoms with Gasteiger partial charge in [-0.05, 0) is 49.8 Å². The van der Waals surface area contributed by atoms with Crippen molar-refractivity contribution in [3.8, 4) is 0 Å². The van der Waals surface area contributed by atoms with Crippen LogP contribution in [0.4, 0.5) is 4.79 Å². The fourth-order valence-electron chi connectivity index (χ4n) is 4.33. The molecule has 31 heavy (non-hydrogen) atoms. The van der Waals surface area contributed by atoms with Crippen molar-refractivity contribution in [1.82, 2.24) is 15.1 Å². The minimum atomic E-state index is -1.14. The summed E-state index contributed by atoms with van der Waals surface area (Å²) in [5.41, 5.74) is 0.493. The SMILES string of the molecule is CC[C@]1(c2ccccc2)NC(=O)N(CC(=O)N(Cc2ccco2)C2=CCCCC2)C1=O. The lowest BCUT2D eigenvalue weighted by atomic mass is 9.87. The molecule has 1 aliphatic heterocycles. The molecular weight excluding hydrogens is 394 g/mol. The lowest BCUT2D eigenvalue weighted by molar-refractivity contribution is -0.138. The summed E-state index contributed by atoms with van der Waals surface area (Å²) in [6.07, 6.45) is 7.83. The number of amides is 4. The van der Waals surface area contributed by atoms with E-state index in [1.54, 1.807) is 17.2 Å². The minimum Gasteiger partial charge on any atom is -0.467 e. The normalized spacial score (nSPS) is 21.1. The second kappa shape index (κ2) is 8.79. The molecule has 7 nitrogen and oxygen atoms in total. The Morgan fingerprint density at radius 1 is 1.16 bits per heavy atom. The third kappa shape index (κ3) is 4.00. The number of furan rings is 1. The third-order valence-electron chi connectivity index (χ3n) is 6.07. The molecule has 0 bridgehead atoms. The van der Waals surface area contributed by atoms with E-state index in [1.807, 2.05) is 43.3 Å². The predicted octanol–water partition coefficient (Wildman–Crippen LogP) is 3.92. The van der Waals surface area contributed by atoms with E-state index < -0.39 is 17.5 Å². The van der Waals surface area contributed by atoms with Gasteiger partial charge in [-0.3, -0.25) is 14.5 Å². The maximum atomic E-state index is 13.4. The number of hydrogen-bond donors (Lipinski definition) is 1. The number of carbonyl (C=O) groups excluding carboxylic acids is 3. The average Bonchev–Trinajstić information content (AvgIpc) is 3.41. The van der Waals surface area contributed by atoms with Crippen molar-refractivity contribution in [2.24, 2.45) is 0 Å². The Hall–Kier alpha value is -3.35. The highest BCUT2D eigenvalue weighted by Gasteiger charge is 2.51. The molecule has 1 saturated heterocycles. The van der Waals surface area contributed by atoms with E-state index in [9.17, 15) is 14.4 Å². The number of benzene rings is 1. The molecule has 4 amide bonds. The minimum absolute atomic E-state index is 0.277. The summed E-state index contributed by atoms with van der Waals surface area (Å²) < 4.78 is 5.44. The molecule has 2 aromatic rings. The molecule has 1 aliphatic carbocycles. The predicted molar refractivity (Wildman–Crippen MR) is 114 cm³/mol. The van der Waals surface area contributed by atoms with Gasteiger partial charge in [0.15, 0.2) is 0 Å². The first-order valence-corrected chi connectivity index (χ1v) is 10.8. The van der Waals surface area contributed by atoms with Crippen LogP contribution >= 0.6 is 0 Å². The zero-order valence-corrected chi connectivity index (χ0v) is 17.7. The number of allylic oxidation sites excluding steroid dienone is 2. The first-order valence-electron chi connectivity index (χ1n) is 10.8. The maximum Gasteiger partial charge on any atom is 0.325 e. The molecule has 0 spiro atoms. The lowest BCUT2D eigenvalue weighted by Gasteiger charge is -2.29. The third-order valence-corrected chi connectivity index (χ3v) is 6.07. The number of carbonyl (C=O) groups is 3. The Morgan fingerprint density at radius 3 is 2.61 bits per heavy atom. The van der Waals surface area contributed by atoms with Gasteiger partial charge in [0.2, 0.25) is 5.91 Å². The summed E-state index contributed by atoms with van der Waals surface area (Å²) in [6.45, 7) is 1.82. The van der Waals surface area contributed by atoms with Crippen LogP contribution < -0.4 is 5.32 Å². The highest BCUT2D eigenvalue weighted by atomic mass is 16.3. The van der Waals surface area contributed by atoms with Crippen molar-refractivity contribution in [2.75, 3.05) is 6.54 Å². The molecule has 0 saturated carbocycles. The molecule has 4 rings (SSSR count). The molecule has 1 aromatic carbocycles. The molecule has 1 N–H and O–H groups in total. The molecule has 2 heterocycles. The molecular formula is C24H27N3O4. The van der Waals surface area contributed by atoms with Gasteiger partial charge in [0, 0.05) is 5.70 Å². The van der Waals surface area contributed by atoms with Gasteiger partial charge in [0.1, 0.15) is 17.8 Å². The van der Waals surface area contributed by atoms with Crippen molar-refractivity contribution in [2.45, 2.75) is 51.1 Å². The highest BCUT2D eigenvalue weighted by Crippen LogP contribution is 2.32. The molecule has 1 fully saturated rings. The summed E-state index contributed by atoms with van der Waals surface area (Å²) in [5, 5.41) is 2.84. The van der Waals surface area contributed by atoms with Crippen LogP contribution in [0.25, 0.3) is 0 Å². The van der Waals surface area contributed by atoms with Crippen molar-refractivity contribution < 1.29 is 18.8 Å². The Balaban J connectivity index is 1.57. The van der Waals surface area contributed by atoms with Gasteiger partial charge in [-0.25, -0.2) is 4.79 Å². The zero-order chi connectivity index (χ0) is 21.8. The summed E-state index contributed by atoms with van der Waals surface area (Å²) in [6, 6.07) is 12.2. The van der Waals surface area contributed by atoms with E-state index in [0.29, 0.717) is 17.7 Å². The quantitative estimate of drug-likeness (QED) is 0.687. The molecule has 162 valence electrons. The second-order valence-electron chi connectivity index (χ2n) is 7.95. The molecule has 0 unspecified atom stereocenters. The monoisotopic (exact) mass is 421 g/mol. The molecule has 1 aromatic heterocycles. The van der Waals surface area contributed by atoms with Crippen LogP contribution in [0.15, 0.2) is 64.9 Å². The van der Waals surface area contributed by atoms with E-state index in [4.69, 9.17) is 4.42 Å². The van der Waals surface area contributed by atoms with Crippen LogP contribution in [0.1, 0.15) is 50.4 Å². The maximum absolute atomic E-state index is 13.4. The first-order chi connectivity index (χ1) is 15.0. The van der Waals surface area contributed by atoms with Crippen LogP contribution in [0.2, 0.25) is 0 Å². The van der Waals surface area contributed by atoms with E-state index in [-0.39, 0.29) is 19.0 Å². The van der Waals surface area contributed by atoms with E-state index in [2.05, 4.69) is 11.4 Å². The number of imide groups is 1. The summed E-state index contributed by atoms with van der Waals surface area (Å²) in [7, 11) is 0. The van der Waals surface area contributed by atoms with Crippen molar-refractivity contribution in [3.05, 3.63) is 71.8 Å². The van der Waals surface area contributed by atoms with E-state index in [1.165, 1.54) is 0 Å². The summed E-state index contributed by atoms with van der Waals surface area (Å²) >= 11 is 0. The lowest BCUT2D eigenvalue weighted by Crippen LogP contribution is -2.45. The van der Waals surface area contributed by atoms with Crippen LogP contribution in [0.3, 0.4) is 0 Å². The fourth-order valence-corrected chi connectivity index (χ4v) is 4.33. The molecule has 2 aliphatic rings. The van der Waals surface area contributed by atoms with E-state index in [0.717, 1.165) is 36.3 Å². The highest BCUT2D eigenvalue weighted by molar-refractivity contribution is 6.09. The Kier molecular flexibility index (Phi) is 5.93. The topological polar surface area (TPSA) is 82.9 Å². The van der Waals surface area contributed by atoms with Gasteiger partial charge in [-0.1, -0.05) is 43.3 Å². The standard InChI is InChI=1S/C24H27N3O4/c1-2-24(18-10-5-3-6-11-18)22(29)27(23(30)25-24)17-21(28)26(16-20-14-9-15-31-20)19-12-7-4-8-13-19/h3,5-6,9-12,14-15H,2,4,7-8,13,16-17H2,1H3,(H,25,30)/t24-/m1/s1. The van der Waals surface area contributed by atoms with Gasteiger partial charge in [-0.2, -0.15) is 0 Å². The van der Waals surface area contributed by atoms with Gasteiger partial charge in [0.25, 0.3) is 5.91 Å². The first kappa shape index (κ1) is 20.9. The number of urea groups is 1. The van der Waals surface area contributed by atoms with Crippen molar-refractivity contribution in [1.29, 1.82) is 0 Å². The second-order valence-corrected chi connectivity index (χ2v) is 7.95. The van der Waals surface area contributed by atoms with Crippen molar-refractivity contribution in [3.63, 3.8) is 0 Å². The molecule has 1 atom stereocenters. The number of rotatable bonds is 7.